The smallest absolute Gasteiger partial charge is 0.257 e. The van der Waals surface area contributed by atoms with Crippen molar-refractivity contribution in [2.45, 2.75) is 70.4 Å². The molecular formula is C29H37F2N5O3. The van der Waals surface area contributed by atoms with Gasteiger partial charge >= 0.3 is 0 Å². The molecule has 4 heterocycles. The van der Waals surface area contributed by atoms with Crippen LogP contribution in [0, 0.1) is 17.6 Å². The molecule has 2 aromatic rings. The Labute approximate surface area is 227 Å². The minimum absolute atomic E-state index is 0.112. The van der Waals surface area contributed by atoms with Crippen LogP contribution in [0.4, 0.5) is 8.78 Å². The average Bonchev–Trinajstić information content (AvgIpc) is 3.46. The van der Waals surface area contributed by atoms with Crippen LogP contribution in [-0.4, -0.2) is 75.2 Å². The lowest BCUT2D eigenvalue weighted by Gasteiger charge is -2.56. The number of carbonyl (C=O) groups excluding carboxylic acids is 1. The van der Waals surface area contributed by atoms with Crippen molar-refractivity contribution in [2.24, 2.45) is 5.92 Å². The maximum absolute atomic E-state index is 14.0. The van der Waals surface area contributed by atoms with Gasteiger partial charge in [-0.05, 0) is 50.8 Å². The van der Waals surface area contributed by atoms with Crippen molar-refractivity contribution in [3.8, 4) is 5.75 Å². The lowest BCUT2D eigenvalue weighted by Crippen LogP contribution is -2.66. The Bertz CT molecular complexity index is 1290. The van der Waals surface area contributed by atoms with Crippen LogP contribution in [-0.2, 0) is 19.6 Å². The summed E-state index contributed by atoms with van der Waals surface area (Å²) >= 11 is 0. The third-order valence-electron chi connectivity index (χ3n) is 9.23. The minimum atomic E-state index is -0.771. The van der Waals surface area contributed by atoms with Gasteiger partial charge in [0.25, 0.3) is 5.91 Å². The summed E-state index contributed by atoms with van der Waals surface area (Å²) in [5.41, 5.74) is -0.245. The van der Waals surface area contributed by atoms with Crippen molar-refractivity contribution in [3.63, 3.8) is 0 Å². The van der Waals surface area contributed by atoms with Gasteiger partial charge in [0.2, 0.25) is 5.43 Å². The fourth-order valence-electron chi connectivity index (χ4n) is 7.11. The molecule has 3 atom stereocenters. The second-order valence-electron chi connectivity index (χ2n) is 11.5. The van der Waals surface area contributed by atoms with E-state index in [4.69, 9.17) is 0 Å². The minimum Gasteiger partial charge on any atom is -0.503 e. The van der Waals surface area contributed by atoms with Crippen LogP contribution >= 0.6 is 0 Å². The van der Waals surface area contributed by atoms with E-state index in [1.165, 1.54) is 44.4 Å². The lowest BCUT2D eigenvalue weighted by molar-refractivity contribution is -0.104. The number of aromatic nitrogens is 1. The van der Waals surface area contributed by atoms with Crippen molar-refractivity contribution in [1.82, 2.24) is 24.6 Å². The number of hydrogen-bond donors (Lipinski definition) is 2. The van der Waals surface area contributed by atoms with Crippen molar-refractivity contribution in [2.75, 3.05) is 32.7 Å². The number of rotatable bonds is 6. The molecule has 6 rings (SSSR count). The van der Waals surface area contributed by atoms with Crippen molar-refractivity contribution >= 4 is 5.91 Å². The Morgan fingerprint density at radius 2 is 1.85 bits per heavy atom. The Balaban J connectivity index is 1.24. The van der Waals surface area contributed by atoms with Gasteiger partial charge in [-0.3, -0.25) is 19.4 Å². The first-order valence-electron chi connectivity index (χ1n) is 14.3. The second-order valence-corrected chi connectivity index (χ2v) is 11.5. The summed E-state index contributed by atoms with van der Waals surface area (Å²) in [7, 11) is 0. The standard InChI is InChI=1S/C29H37F2N5O3/c30-21-8-7-19(23(31)13-21)14-32-29(39)22-16-35-18-26-34(12-11-33-9-3-4-10-33)15-20-5-1-2-6-24(20)36(26)17-25(35)28(38)27(22)37/h7-8,13,16,20,24,26,38H,1-6,9-12,14-15,17-18H2,(H,32,39)/t20-,24-,26-/m0/s1. The number of benzene rings is 1. The predicted molar refractivity (Wildman–Crippen MR) is 142 cm³/mol. The van der Waals surface area contributed by atoms with E-state index in [1.807, 2.05) is 4.57 Å². The Hall–Kier alpha value is -2.82. The summed E-state index contributed by atoms with van der Waals surface area (Å²) in [6.07, 6.45) is 8.99. The Kier molecular flexibility index (Phi) is 7.43. The van der Waals surface area contributed by atoms with Gasteiger partial charge in [-0.1, -0.05) is 18.9 Å². The molecule has 2 saturated heterocycles. The Morgan fingerprint density at radius 3 is 2.64 bits per heavy atom. The molecule has 8 nitrogen and oxygen atoms in total. The van der Waals surface area contributed by atoms with E-state index >= 15 is 0 Å². The largest absolute Gasteiger partial charge is 0.503 e. The van der Waals surface area contributed by atoms with E-state index in [0.717, 1.165) is 51.3 Å². The highest BCUT2D eigenvalue weighted by molar-refractivity contribution is 5.94. The van der Waals surface area contributed by atoms with Crippen molar-refractivity contribution in [1.29, 1.82) is 0 Å². The van der Waals surface area contributed by atoms with Gasteiger partial charge in [0.15, 0.2) is 5.75 Å². The molecule has 1 aromatic heterocycles. The molecule has 1 amide bonds. The lowest BCUT2D eigenvalue weighted by atomic mass is 9.80. The number of halogens is 2. The highest BCUT2D eigenvalue weighted by Crippen LogP contribution is 2.39. The monoisotopic (exact) mass is 541 g/mol. The van der Waals surface area contributed by atoms with Crippen LogP contribution in [0.25, 0.3) is 0 Å². The maximum Gasteiger partial charge on any atom is 0.257 e. The second kappa shape index (κ2) is 11.0. The number of pyridine rings is 1. The molecule has 1 saturated carbocycles. The van der Waals surface area contributed by atoms with Crippen LogP contribution < -0.4 is 10.7 Å². The summed E-state index contributed by atoms with van der Waals surface area (Å²) in [5.74, 6) is -1.97. The van der Waals surface area contributed by atoms with Gasteiger partial charge in [0.1, 0.15) is 17.2 Å². The van der Waals surface area contributed by atoms with Crippen LogP contribution in [0.15, 0.2) is 29.2 Å². The average molecular weight is 542 g/mol. The number of fused-ring (bicyclic) bond motifs is 4. The highest BCUT2D eigenvalue weighted by Gasteiger charge is 2.45. The fraction of sp³-hybridized carbons (Fsp3) is 0.586. The van der Waals surface area contributed by atoms with Gasteiger partial charge < -0.3 is 19.9 Å². The van der Waals surface area contributed by atoms with E-state index < -0.39 is 28.7 Å². The molecule has 210 valence electrons. The summed E-state index contributed by atoms with van der Waals surface area (Å²) in [6.45, 7) is 6.21. The van der Waals surface area contributed by atoms with E-state index in [0.29, 0.717) is 30.7 Å². The number of aromatic hydroxyl groups is 1. The molecule has 1 aromatic carbocycles. The summed E-state index contributed by atoms with van der Waals surface area (Å²) in [5, 5.41) is 13.5. The summed E-state index contributed by atoms with van der Waals surface area (Å²) < 4.78 is 29.1. The molecule has 39 heavy (non-hydrogen) atoms. The van der Waals surface area contributed by atoms with Crippen LogP contribution in [0.1, 0.15) is 60.1 Å². The van der Waals surface area contributed by atoms with Crippen LogP contribution in [0.3, 0.4) is 0 Å². The number of amides is 1. The van der Waals surface area contributed by atoms with E-state index in [-0.39, 0.29) is 23.8 Å². The number of hydrogen-bond acceptors (Lipinski definition) is 6. The quantitative estimate of drug-likeness (QED) is 0.586. The zero-order valence-corrected chi connectivity index (χ0v) is 22.2. The summed E-state index contributed by atoms with van der Waals surface area (Å²) in [4.78, 5) is 33.6. The zero-order valence-electron chi connectivity index (χ0n) is 22.2. The molecular weight excluding hydrogens is 504 g/mol. The first-order chi connectivity index (χ1) is 18.9. The van der Waals surface area contributed by atoms with Gasteiger partial charge in [-0.25, -0.2) is 8.78 Å². The fourth-order valence-corrected chi connectivity index (χ4v) is 7.11. The highest BCUT2D eigenvalue weighted by atomic mass is 19.1. The van der Waals surface area contributed by atoms with Gasteiger partial charge in [0, 0.05) is 56.6 Å². The molecule has 4 aliphatic rings. The third kappa shape index (κ3) is 5.21. The number of carbonyl (C=O) groups is 1. The molecule has 0 spiro atoms. The van der Waals surface area contributed by atoms with Gasteiger partial charge in [0.05, 0.1) is 18.4 Å². The molecule has 0 bridgehead atoms. The number of nitrogens with zero attached hydrogens (tertiary/aromatic N) is 4. The molecule has 2 N–H and O–H groups in total. The molecule has 3 aliphatic heterocycles. The first kappa shape index (κ1) is 26.4. The zero-order chi connectivity index (χ0) is 27.1. The van der Waals surface area contributed by atoms with Gasteiger partial charge in [-0.2, -0.15) is 0 Å². The summed E-state index contributed by atoms with van der Waals surface area (Å²) in [6, 6.07) is 3.56. The SMILES string of the molecule is O=C(NCc1ccc(F)cc1F)c1cn2c(c(O)c1=O)CN1[C@H]3CCCC[C@H]3CN(CCN3CCCC3)[C@@H]1C2. The maximum atomic E-state index is 14.0. The van der Waals surface area contributed by atoms with Gasteiger partial charge in [-0.15, -0.1) is 0 Å². The topological polar surface area (TPSA) is 81.0 Å². The third-order valence-corrected chi connectivity index (χ3v) is 9.23. The normalized spacial score (nSPS) is 25.6. The molecule has 0 unspecified atom stereocenters. The molecule has 10 heteroatoms. The predicted octanol–water partition coefficient (Wildman–Crippen LogP) is 2.87. The number of nitrogens with one attached hydrogen (secondary N) is 1. The number of likely N-dealkylation sites (tertiary alicyclic amines) is 1. The van der Waals surface area contributed by atoms with E-state index in [9.17, 15) is 23.5 Å². The van der Waals surface area contributed by atoms with E-state index in [1.54, 1.807) is 0 Å². The van der Waals surface area contributed by atoms with Crippen molar-refractivity contribution in [3.05, 3.63) is 63.1 Å². The van der Waals surface area contributed by atoms with E-state index in [2.05, 4.69) is 20.0 Å². The molecule has 3 fully saturated rings. The Morgan fingerprint density at radius 1 is 1.05 bits per heavy atom. The van der Waals surface area contributed by atoms with Crippen molar-refractivity contribution < 1.29 is 18.7 Å². The van der Waals surface area contributed by atoms with Crippen LogP contribution in [0.5, 0.6) is 5.75 Å². The molecule has 1 aliphatic carbocycles. The molecule has 0 radical (unpaired) electrons. The van der Waals surface area contributed by atoms with Crippen LogP contribution in [0.2, 0.25) is 0 Å². The first-order valence-corrected chi connectivity index (χ1v) is 14.3.